The molecule has 0 N–H and O–H groups in total. The van der Waals surface area contributed by atoms with Gasteiger partial charge in [0.2, 0.25) is 0 Å². The van der Waals surface area contributed by atoms with Crippen LogP contribution < -0.4 is 4.74 Å². The summed E-state index contributed by atoms with van der Waals surface area (Å²) in [4.78, 5) is 25.7. The van der Waals surface area contributed by atoms with Crippen LogP contribution in [0.1, 0.15) is 19.4 Å². The van der Waals surface area contributed by atoms with E-state index in [1.807, 2.05) is 0 Å². The van der Waals surface area contributed by atoms with Crippen LogP contribution in [0.25, 0.3) is 0 Å². The van der Waals surface area contributed by atoms with Gasteiger partial charge in [-0.15, -0.1) is 10.1 Å². The largest absolute Gasteiger partial charge is 0.497 e. The first-order valence-electron chi connectivity index (χ1n) is 5.49. The Morgan fingerprint density at radius 3 is 2.37 bits per heavy atom. The lowest BCUT2D eigenvalue weighted by molar-refractivity contribution is -0.761. The van der Waals surface area contributed by atoms with Gasteiger partial charge in [-0.1, -0.05) is 12.1 Å². The molecule has 1 unspecified atom stereocenters. The lowest BCUT2D eigenvalue weighted by Crippen LogP contribution is -2.34. The van der Waals surface area contributed by atoms with Crippen LogP contribution in [-0.2, 0) is 20.0 Å². The third-order valence-corrected chi connectivity index (χ3v) is 2.52. The van der Waals surface area contributed by atoms with Crippen LogP contribution in [0.5, 0.6) is 5.75 Å². The van der Waals surface area contributed by atoms with Crippen molar-refractivity contribution < 1.29 is 24.2 Å². The molecular formula is C12H15NO6. The quantitative estimate of drug-likeness (QED) is 0.443. The van der Waals surface area contributed by atoms with Crippen molar-refractivity contribution >= 4 is 5.97 Å². The lowest BCUT2D eigenvalue weighted by Gasteiger charge is -2.28. The Balaban J connectivity index is 2.99. The number of ether oxygens (including phenoxy) is 2. The standard InChI is InChI=1S/C12H15NO6/c1-9(14)19-12(2,8-18-13(15)16)10-4-6-11(17-3)7-5-10/h4-7H,8H2,1-3H3. The summed E-state index contributed by atoms with van der Waals surface area (Å²) in [5.41, 5.74) is -0.657. The Morgan fingerprint density at radius 2 is 1.95 bits per heavy atom. The number of nitrogens with zero attached hydrogens (tertiary/aromatic N) is 1. The van der Waals surface area contributed by atoms with Crippen molar-refractivity contribution in [3.05, 3.63) is 39.9 Å². The molecule has 0 amide bonds. The van der Waals surface area contributed by atoms with Crippen LogP contribution in [0.2, 0.25) is 0 Å². The first-order valence-corrected chi connectivity index (χ1v) is 5.49. The number of carbonyl (C=O) groups is 1. The highest BCUT2D eigenvalue weighted by Gasteiger charge is 2.32. The zero-order valence-electron chi connectivity index (χ0n) is 10.9. The van der Waals surface area contributed by atoms with Gasteiger partial charge in [0.25, 0.3) is 5.09 Å². The topological polar surface area (TPSA) is 87.9 Å². The van der Waals surface area contributed by atoms with E-state index in [0.29, 0.717) is 11.3 Å². The predicted octanol–water partition coefficient (Wildman–Crippen LogP) is 1.68. The summed E-state index contributed by atoms with van der Waals surface area (Å²) < 4.78 is 10.2. The first kappa shape index (κ1) is 14.7. The second kappa shape index (κ2) is 6.03. The van der Waals surface area contributed by atoms with Crippen LogP contribution in [0.15, 0.2) is 24.3 Å². The van der Waals surface area contributed by atoms with Crippen molar-refractivity contribution in [3.63, 3.8) is 0 Å². The predicted molar refractivity (Wildman–Crippen MR) is 65.1 cm³/mol. The third kappa shape index (κ3) is 4.13. The van der Waals surface area contributed by atoms with Gasteiger partial charge in [0.05, 0.1) is 7.11 Å². The molecule has 0 spiro atoms. The molecule has 0 bridgehead atoms. The summed E-state index contributed by atoms with van der Waals surface area (Å²) in [6.45, 7) is 2.39. The molecule has 0 saturated heterocycles. The maximum Gasteiger partial charge on any atom is 0.303 e. The number of carbonyl (C=O) groups excluding carboxylic acids is 1. The maximum absolute atomic E-state index is 11.1. The Morgan fingerprint density at radius 1 is 1.37 bits per heavy atom. The molecule has 1 rings (SSSR count). The molecule has 7 nitrogen and oxygen atoms in total. The zero-order chi connectivity index (χ0) is 14.5. The molecule has 1 atom stereocenters. The summed E-state index contributed by atoms with van der Waals surface area (Å²) in [6, 6.07) is 6.66. The normalized spacial score (nSPS) is 13.2. The first-order chi connectivity index (χ1) is 8.87. The zero-order valence-corrected chi connectivity index (χ0v) is 10.9. The molecule has 0 saturated carbocycles. The van der Waals surface area contributed by atoms with E-state index in [0.717, 1.165) is 0 Å². The molecule has 1 aromatic carbocycles. The average Bonchev–Trinajstić information content (AvgIpc) is 2.36. The lowest BCUT2D eigenvalue weighted by atomic mass is 9.96. The Kier molecular flexibility index (Phi) is 4.68. The van der Waals surface area contributed by atoms with E-state index in [9.17, 15) is 14.9 Å². The Bertz CT molecular complexity index is 458. The van der Waals surface area contributed by atoms with Crippen molar-refractivity contribution in [3.8, 4) is 5.75 Å². The molecule has 19 heavy (non-hydrogen) atoms. The van der Waals surface area contributed by atoms with E-state index in [1.165, 1.54) is 14.0 Å². The van der Waals surface area contributed by atoms with Crippen molar-refractivity contribution in [2.24, 2.45) is 0 Å². The number of methoxy groups -OCH3 is 1. The van der Waals surface area contributed by atoms with E-state index in [2.05, 4.69) is 4.84 Å². The summed E-state index contributed by atoms with van der Waals surface area (Å²) in [7, 11) is 1.52. The summed E-state index contributed by atoms with van der Waals surface area (Å²) >= 11 is 0. The smallest absolute Gasteiger partial charge is 0.303 e. The minimum absolute atomic E-state index is 0.383. The molecule has 0 fully saturated rings. The van der Waals surface area contributed by atoms with Crippen molar-refractivity contribution in [2.75, 3.05) is 13.7 Å². The second-order valence-electron chi connectivity index (χ2n) is 4.05. The number of esters is 1. The molecule has 0 aliphatic carbocycles. The van der Waals surface area contributed by atoms with Crippen LogP contribution >= 0.6 is 0 Å². The molecule has 0 aliphatic heterocycles. The van der Waals surface area contributed by atoms with E-state index in [-0.39, 0.29) is 6.61 Å². The van der Waals surface area contributed by atoms with Crippen LogP contribution in [-0.4, -0.2) is 24.8 Å². The van der Waals surface area contributed by atoms with Gasteiger partial charge < -0.3 is 14.3 Å². The van der Waals surface area contributed by atoms with Gasteiger partial charge in [-0.2, -0.15) is 0 Å². The van der Waals surface area contributed by atoms with Gasteiger partial charge in [0.1, 0.15) is 12.4 Å². The Labute approximate surface area is 110 Å². The highest BCUT2D eigenvalue weighted by atomic mass is 17.0. The fourth-order valence-corrected chi connectivity index (χ4v) is 1.61. The van der Waals surface area contributed by atoms with Gasteiger partial charge >= 0.3 is 5.97 Å². The van der Waals surface area contributed by atoms with Crippen LogP contribution in [0.4, 0.5) is 0 Å². The second-order valence-corrected chi connectivity index (χ2v) is 4.05. The SMILES string of the molecule is COc1ccc(C(C)(CO[N+](=O)[O-])OC(C)=O)cc1. The van der Waals surface area contributed by atoms with Gasteiger partial charge in [-0.05, 0) is 24.6 Å². The van der Waals surface area contributed by atoms with E-state index < -0.39 is 16.7 Å². The van der Waals surface area contributed by atoms with Gasteiger partial charge in [-0.3, -0.25) is 4.79 Å². The molecular weight excluding hydrogens is 254 g/mol. The minimum atomic E-state index is -1.23. The highest BCUT2D eigenvalue weighted by Crippen LogP contribution is 2.27. The molecule has 1 aromatic rings. The molecule has 0 aromatic heterocycles. The summed E-state index contributed by atoms with van der Waals surface area (Å²) in [5, 5.41) is 9.36. The third-order valence-electron chi connectivity index (χ3n) is 2.52. The summed E-state index contributed by atoms with van der Waals surface area (Å²) in [5.74, 6) is 0.0781. The average molecular weight is 269 g/mol. The number of rotatable bonds is 6. The Hall–Kier alpha value is -2.31. The number of benzene rings is 1. The van der Waals surface area contributed by atoms with Gasteiger partial charge in [-0.25, -0.2) is 0 Å². The monoisotopic (exact) mass is 269 g/mol. The molecule has 0 radical (unpaired) electrons. The fourth-order valence-electron chi connectivity index (χ4n) is 1.61. The van der Waals surface area contributed by atoms with Crippen molar-refractivity contribution in [1.82, 2.24) is 0 Å². The molecule has 0 aliphatic rings. The fraction of sp³-hybridized carbons (Fsp3) is 0.417. The van der Waals surface area contributed by atoms with Gasteiger partial charge in [0, 0.05) is 6.92 Å². The van der Waals surface area contributed by atoms with E-state index in [1.54, 1.807) is 31.2 Å². The molecule has 7 heteroatoms. The molecule has 104 valence electrons. The van der Waals surface area contributed by atoms with E-state index in [4.69, 9.17) is 9.47 Å². The molecule has 0 heterocycles. The van der Waals surface area contributed by atoms with E-state index >= 15 is 0 Å². The highest BCUT2D eigenvalue weighted by molar-refractivity contribution is 5.66. The summed E-state index contributed by atoms with van der Waals surface area (Å²) in [6.07, 6.45) is 0. The maximum atomic E-state index is 11.1. The van der Waals surface area contributed by atoms with Crippen LogP contribution in [0.3, 0.4) is 0 Å². The number of hydrogen-bond donors (Lipinski definition) is 0. The van der Waals surface area contributed by atoms with Crippen molar-refractivity contribution in [1.29, 1.82) is 0 Å². The van der Waals surface area contributed by atoms with Gasteiger partial charge in [0.15, 0.2) is 5.60 Å². The van der Waals surface area contributed by atoms with Crippen LogP contribution in [0, 0.1) is 10.1 Å². The number of hydrogen-bond acceptors (Lipinski definition) is 6. The van der Waals surface area contributed by atoms with Crippen molar-refractivity contribution in [2.45, 2.75) is 19.4 Å². The minimum Gasteiger partial charge on any atom is -0.497 e.